The predicted molar refractivity (Wildman–Crippen MR) is 146 cm³/mol. The van der Waals surface area contributed by atoms with Crippen molar-refractivity contribution in [2.45, 2.75) is 77.3 Å². The van der Waals surface area contributed by atoms with Gasteiger partial charge in [0.05, 0.1) is 5.56 Å². The van der Waals surface area contributed by atoms with Crippen molar-refractivity contribution in [1.29, 1.82) is 0 Å². The van der Waals surface area contributed by atoms with Crippen molar-refractivity contribution in [3.63, 3.8) is 0 Å². The molecule has 0 heterocycles. The largest absolute Gasteiger partial charge is 0.481 e. The Morgan fingerprint density at radius 2 is 1.59 bits per heavy atom. The van der Waals surface area contributed by atoms with Gasteiger partial charge in [-0.05, 0) is 59.9 Å². The number of halogens is 5. The average molecular weight is 543 g/mol. The highest BCUT2D eigenvalue weighted by atomic mass is 19.4. The van der Waals surface area contributed by atoms with Crippen molar-refractivity contribution in [3.05, 3.63) is 76.9 Å². The number of hydrogen-bond donors (Lipinski definition) is 0. The molecule has 0 aromatic heterocycles. The first kappa shape index (κ1) is 28.9. The van der Waals surface area contributed by atoms with Gasteiger partial charge in [0.1, 0.15) is 5.82 Å². The summed E-state index contributed by atoms with van der Waals surface area (Å²) in [5.41, 5.74) is 1.58. The number of aryl methyl sites for hydroxylation is 1. The molecule has 0 bridgehead atoms. The van der Waals surface area contributed by atoms with Crippen LogP contribution in [0.3, 0.4) is 0 Å². The van der Waals surface area contributed by atoms with Gasteiger partial charge in [-0.2, -0.15) is 13.2 Å². The average Bonchev–Trinajstić information content (AvgIpc) is 2.91. The molecule has 4 rings (SSSR count). The lowest BCUT2D eigenvalue weighted by Gasteiger charge is -2.28. The van der Waals surface area contributed by atoms with Crippen LogP contribution in [-0.4, -0.2) is 12.8 Å². The Hall–Kier alpha value is -3.07. The second-order valence-electron chi connectivity index (χ2n) is 10.7. The molecule has 208 valence electrons. The van der Waals surface area contributed by atoms with Gasteiger partial charge in [0, 0.05) is 10.9 Å². The van der Waals surface area contributed by atoms with E-state index in [1.807, 2.05) is 18.2 Å². The van der Waals surface area contributed by atoms with E-state index >= 15 is 4.39 Å². The maximum Gasteiger partial charge on any atom is 0.422 e. The van der Waals surface area contributed by atoms with E-state index in [9.17, 15) is 17.6 Å². The van der Waals surface area contributed by atoms with Gasteiger partial charge < -0.3 is 4.74 Å². The Labute approximate surface area is 227 Å². The molecule has 1 saturated carbocycles. The molecule has 0 saturated heterocycles. The molecule has 0 atom stereocenters. The zero-order valence-electron chi connectivity index (χ0n) is 22.3. The van der Waals surface area contributed by atoms with E-state index in [1.165, 1.54) is 63.0 Å². The summed E-state index contributed by atoms with van der Waals surface area (Å²) in [7, 11) is 0. The van der Waals surface area contributed by atoms with Crippen molar-refractivity contribution in [2.75, 3.05) is 6.61 Å². The van der Waals surface area contributed by atoms with Gasteiger partial charge in [-0.15, -0.1) is 0 Å². The van der Waals surface area contributed by atoms with Crippen LogP contribution < -0.4 is 4.74 Å². The number of unbranched alkanes of at least 4 members (excludes halogenated alkanes) is 2. The van der Waals surface area contributed by atoms with Gasteiger partial charge in [-0.1, -0.05) is 94.4 Å². The summed E-state index contributed by atoms with van der Waals surface area (Å²) >= 11 is 0. The normalized spacial score (nSPS) is 17.6. The van der Waals surface area contributed by atoms with Crippen LogP contribution in [0.1, 0.15) is 81.4 Å². The minimum absolute atomic E-state index is 0.170. The van der Waals surface area contributed by atoms with E-state index in [2.05, 4.69) is 23.5 Å². The van der Waals surface area contributed by atoms with E-state index in [-0.39, 0.29) is 11.1 Å². The van der Waals surface area contributed by atoms with Crippen LogP contribution in [0.4, 0.5) is 22.0 Å². The molecule has 0 aliphatic heterocycles. The summed E-state index contributed by atoms with van der Waals surface area (Å²) in [6, 6.07) is 12.7. The van der Waals surface area contributed by atoms with E-state index in [4.69, 9.17) is 0 Å². The fourth-order valence-electron chi connectivity index (χ4n) is 5.45. The molecule has 0 spiro atoms. The molecule has 3 aromatic rings. The summed E-state index contributed by atoms with van der Waals surface area (Å²) in [4.78, 5) is 0. The fraction of sp³-hybridized carbons (Fsp3) is 0.455. The molecule has 1 aliphatic rings. The highest BCUT2D eigenvalue weighted by Gasteiger charge is 2.29. The van der Waals surface area contributed by atoms with Gasteiger partial charge >= 0.3 is 6.18 Å². The predicted octanol–water partition coefficient (Wildman–Crippen LogP) is 9.78. The number of hydrogen-bond acceptors (Lipinski definition) is 1. The highest BCUT2D eigenvalue weighted by Crippen LogP contribution is 2.34. The molecule has 0 radical (unpaired) electrons. The van der Waals surface area contributed by atoms with Crippen molar-refractivity contribution >= 4 is 10.8 Å². The van der Waals surface area contributed by atoms with Crippen molar-refractivity contribution in [3.8, 4) is 17.6 Å². The molecule has 1 nitrogen and oxygen atoms in total. The molecular formula is C33H35F5O. The summed E-state index contributed by atoms with van der Waals surface area (Å²) < 4.78 is 70.6. The number of rotatable bonds is 9. The zero-order chi connectivity index (χ0) is 27.8. The third-order valence-electron chi connectivity index (χ3n) is 7.71. The third kappa shape index (κ3) is 8.46. The number of fused-ring (bicyclic) bond motifs is 1. The van der Waals surface area contributed by atoms with E-state index in [0.29, 0.717) is 5.39 Å². The van der Waals surface area contributed by atoms with Crippen LogP contribution in [0.5, 0.6) is 5.75 Å². The fourth-order valence-corrected chi connectivity index (χ4v) is 5.45. The molecule has 0 N–H and O–H groups in total. The Morgan fingerprint density at radius 1 is 0.846 bits per heavy atom. The third-order valence-corrected chi connectivity index (χ3v) is 7.71. The lowest BCUT2D eigenvalue weighted by molar-refractivity contribution is -0.153. The summed E-state index contributed by atoms with van der Waals surface area (Å²) in [5, 5.41) is 1.28. The quantitative estimate of drug-likeness (QED) is 0.149. The van der Waals surface area contributed by atoms with Crippen LogP contribution >= 0.6 is 0 Å². The van der Waals surface area contributed by atoms with Gasteiger partial charge in [0.15, 0.2) is 18.2 Å². The van der Waals surface area contributed by atoms with Crippen LogP contribution in [0, 0.1) is 35.3 Å². The first-order valence-corrected chi connectivity index (χ1v) is 13.9. The Bertz CT molecular complexity index is 1310. The summed E-state index contributed by atoms with van der Waals surface area (Å²) in [5.74, 6) is 5.16. The SMILES string of the molecule is CCCCCC1CCC(CCc2ccc3c(F)c(C#Cc4ccc(OCC(F)(F)F)c(F)c4)ccc3c2)CC1. The maximum absolute atomic E-state index is 15.2. The minimum Gasteiger partial charge on any atom is -0.481 e. The Balaban J connectivity index is 1.35. The van der Waals surface area contributed by atoms with Gasteiger partial charge in [-0.3, -0.25) is 0 Å². The Morgan fingerprint density at radius 3 is 2.28 bits per heavy atom. The molecule has 3 aromatic carbocycles. The summed E-state index contributed by atoms with van der Waals surface area (Å²) in [6.07, 6.45) is 8.28. The molecule has 6 heteroatoms. The first-order chi connectivity index (χ1) is 18.7. The van der Waals surface area contributed by atoms with E-state index in [1.54, 1.807) is 12.1 Å². The maximum atomic E-state index is 15.2. The lowest BCUT2D eigenvalue weighted by atomic mass is 9.77. The molecule has 0 unspecified atom stereocenters. The second kappa shape index (κ2) is 13.3. The second-order valence-corrected chi connectivity index (χ2v) is 10.7. The molecule has 1 aliphatic carbocycles. The van der Waals surface area contributed by atoms with Crippen molar-refractivity contribution in [2.24, 2.45) is 11.8 Å². The zero-order valence-corrected chi connectivity index (χ0v) is 22.3. The van der Waals surface area contributed by atoms with Crippen LogP contribution in [0.2, 0.25) is 0 Å². The molecule has 1 fully saturated rings. The number of benzene rings is 3. The first-order valence-electron chi connectivity index (χ1n) is 13.9. The van der Waals surface area contributed by atoms with Crippen LogP contribution in [-0.2, 0) is 6.42 Å². The van der Waals surface area contributed by atoms with Crippen molar-refractivity contribution < 1.29 is 26.7 Å². The monoisotopic (exact) mass is 542 g/mol. The lowest BCUT2D eigenvalue weighted by Crippen LogP contribution is -2.19. The molecular weight excluding hydrogens is 507 g/mol. The van der Waals surface area contributed by atoms with Crippen molar-refractivity contribution in [1.82, 2.24) is 0 Å². The Kier molecular flexibility index (Phi) is 9.88. The van der Waals surface area contributed by atoms with Gasteiger partial charge in [0.25, 0.3) is 0 Å². The van der Waals surface area contributed by atoms with E-state index < -0.39 is 30.2 Å². The summed E-state index contributed by atoms with van der Waals surface area (Å²) in [6.45, 7) is 0.669. The minimum atomic E-state index is -4.56. The van der Waals surface area contributed by atoms with Crippen LogP contribution in [0.15, 0.2) is 48.5 Å². The number of ether oxygens (including phenoxy) is 1. The smallest absolute Gasteiger partial charge is 0.422 e. The van der Waals surface area contributed by atoms with Gasteiger partial charge in [0.2, 0.25) is 0 Å². The topological polar surface area (TPSA) is 9.23 Å². The molecule has 39 heavy (non-hydrogen) atoms. The highest BCUT2D eigenvalue weighted by molar-refractivity contribution is 5.85. The standard InChI is InChI=1S/C33H35F5O/c1-2-3-4-5-23-6-8-24(9-7-23)10-11-25-13-18-29-28(20-25)17-16-27(32(29)35)15-12-26-14-19-31(30(34)21-26)39-22-33(36,37)38/h13-14,16-21,23-24H,2-11,22H2,1H3. The van der Waals surface area contributed by atoms with E-state index in [0.717, 1.165) is 42.2 Å². The number of alkyl halides is 3. The van der Waals surface area contributed by atoms with Crippen LogP contribution in [0.25, 0.3) is 10.8 Å². The molecule has 0 amide bonds. The van der Waals surface area contributed by atoms with Gasteiger partial charge in [-0.25, -0.2) is 8.78 Å².